The molecular formula is C28H28N3O2S+. The second-order valence-electron chi connectivity index (χ2n) is 8.56. The summed E-state index contributed by atoms with van der Waals surface area (Å²) in [6.07, 6.45) is 4.68. The summed E-state index contributed by atoms with van der Waals surface area (Å²) in [5.41, 5.74) is 4.76. The summed E-state index contributed by atoms with van der Waals surface area (Å²) in [6, 6.07) is 28.9. The van der Waals surface area contributed by atoms with Crippen LogP contribution in [-0.2, 0) is 11.4 Å². The fourth-order valence-electron chi connectivity index (χ4n) is 4.70. The van der Waals surface area contributed by atoms with Crippen LogP contribution in [0.1, 0.15) is 41.6 Å². The minimum absolute atomic E-state index is 0.391. The minimum Gasteiger partial charge on any atom is -0.341 e. The average molecular weight is 471 g/mol. The number of quaternary nitrogens is 1. The topological polar surface area (TPSA) is 70.1 Å². The van der Waals surface area contributed by atoms with E-state index in [1.165, 1.54) is 12.8 Å². The first-order valence-electron chi connectivity index (χ1n) is 11.7. The van der Waals surface area contributed by atoms with E-state index < -0.39 is 5.97 Å². The van der Waals surface area contributed by atoms with E-state index in [0.29, 0.717) is 18.2 Å². The first-order valence-corrected chi connectivity index (χ1v) is 12.5. The van der Waals surface area contributed by atoms with E-state index >= 15 is 0 Å². The van der Waals surface area contributed by atoms with Crippen LogP contribution >= 0.6 is 11.3 Å². The molecule has 1 aromatic heterocycles. The van der Waals surface area contributed by atoms with Crippen molar-refractivity contribution >= 4 is 22.4 Å². The number of thiazole rings is 1. The van der Waals surface area contributed by atoms with Crippen molar-refractivity contribution in [2.45, 2.75) is 38.3 Å². The Kier molecular flexibility index (Phi) is 6.70. The number of hydrogen-bond acceptors (Lipinski definition) is 5. The van der Waals surface area contributed by atoms with Crippen molar-refractivity contribution in [3.63, 3.8) is 0 Å². The molecule has 5 rings (SSSR count). The molecule has 34 heavy (non-hydrogen) atoms. The lowest BCUT2D eigenvalue weighted by molar-refractivity contribution is -0.653. The van der Waals surface area contributed by atoms with Crippen LogP contribution in [0.15, 0.2) is 84.9 Å². The van der Waals surface area contributed by atoms with Crippen molar-refractivity contribution in [1.82, 2.24) is 4.98 Å². The summed E-state index contributed by atoms with van der Waals surface area (Å²) < 4.78 is 0. The molecule has 0 aliphatic heterocycles. The van der Waals surface area contributed by atoms with Gasteiger partial charge in [-0.15, -0.1) is 0 Å². The van der Waals surface area contributed by atoms with E-state index in [4.69, 9.17) is 9.82 Å². The minimum atomic E-state index is -0.406. The first kappa shape index (κ1) is 22.3. The Bertz CT molecular complexity index is 1190. The van der Waals surface area contributed by atoms with Gasteiger partial charge in [0, 0.05) is 18.2 Å². The second kappa shape index (κ2) is 10.2. The van der Waals surface area contributed by atoms with Crippen LogP contribution in [0.3, 0.4) is 0 Å². The number of nitrogens with zero attached hydrogens (tertiary/aromatic N) is 2. The Morgan fingerprint density at radius 2 is 1.53 bits per heavy atom. The number of aromatic nitrogens is 1. The van der Waals surface area contributed by atoms with E-state index in [-0.39, 0.29) is 0 Å². The van der Waals surface area contributed by atoms with Gasteiger partial charge in [-0.05, 0) is 30.0 Å². The van der Waals surface area contributed by atoms with Gasteiger partial charge in [0.15, 0.2) is 5.13 Å². The molecule has 3 N–H and O–H groups in total. The smallest absolute Gasteiger partial charge is 0.341 e. The number of anilines is 1. The molecule has 172 valence electrons. The van der Waals surface area contributed by atoms with Gasteiger partial charge in [-0.2, -0.15) is 5.90 Å². The molecule has 1 fully saturated rings. The molecule has 0 amide bonds. The molecule has 6 heteroatoms. The van der Waals surface area contributed by atoms with Crippen molar-refractivity contribution in [2.24, 2.45) is 0 Å². The van der Waals surface area contributed by atoms with Gasteiger partial charge in [0.1, 0.15) is 0 Å². The molecule has 0 saturated heterocycles. The van der Waals surface area contributed by atoms with E-state index in [1.54, 1.807) is 11.3 Å². The van der Waals surface area contributed by atoms with Gasteiger partial charge >= 0.3 is 5.97 Å². The van der Waals surface area contributed by atoms with Crippen LogP contribution in [0.2, 0.25) is 0 Å². The normalized spacial score (nSPS) is 13.7. The SMILES string of the molecule is [NH3+]OC(=O)c1ccccc1CN(c1nc(-c2ccccc2)c(-c2ccccc2)s1)C1CCCC1. The van der Waals surface area contributed by atoms with Gasteiger partial charge in [0.25, 0.3) is 0 Å². The van der Waals surface area contributed by atoms with Crippen molar-refractivity contribution in [1.29, 1.82) is 0 Å². The van der Waals surface area contributed by atoms with Gasteiger partial charge in [-0.3, -0.25) is 4.84 Å². The van der Waals surface area contributed by atoms with Crippen molar-refractivity contribution in [2.75, 3.05) is 4.90 Å². The predicted octanol–water partition coefficient (Wildman–Crippen LogP) is 5.74. The molecule has 1 saturated carbocycles. The van der Waals surface area contributed by atoms with Gasteiger partial charge in [0.05, 0.1) is 16.1 Å². The molecule has 0 unspecified atom stereocenters. The summed E-state index contributed by atoms with van der Waals surface area (Å²) in [7, 11) is 0. The zero-order valence-electron chi connectivity index (χ0n) is 19.0. The molecule has 5 nitrogen and oxygen atoms in total. The molecule has 1 heterocycles. The molecule has 0 atom stereocenters. The molecule has 0 spiro atoms. The summed E-state index contributed by atoms with van der Waals surface area (Å²) in [4.78, 5) is 26.0. The lowest BCUT2D eigenvalue weighted by Crippen LogP contribution is -2.51. The number of carbonyl (C=O) groups is 1. The Morgan fingerprint density at radius 1 is 0.912 bits per heavy atom. The van der Waals surface area contributed by atoms with Gasteiger partial charge < -0.3 is 4.90 Å². The third-order valence-electron chi connectivity index (χ3n) is 6.42. The zero-order chi connectivity index (χ0) is 23.3. The van der Waals surface area contributed by atoms with E-state index in [9.17, 15) is 4.79 Å². The standard InChI is InChI=1S/C28H28N3O2S/c29-33-27(32)24-18-10-7-15-22(24)19-31(23-16-8-9-17-23)28-30-25(20-11-3-1-4-12-20)26(34-28)21-13-5-2-6-14-21/h1-7,10-15,18,23H,8-9,16-17,19H2,29H3/q+1. The van der Waals surface area contributed by atoms with Crippen LogP contribution in [-0.4, -0.2) is 17.0 Å². The Labute approximate surface area is 203 Å². The van der Waals surface area contributed by atoms with Crippen LogP contribution in [0.5, 0.6) is 0 Å². The van der Waals surface area contributed by atoms with Crippen LogP contribution in [0.4, 0.5) is 5.13 Å². The maximum absolute atomic E-state index is 12.4. The Balaban J connectivity index is 1.60. The maximum atomic E-state index is 12.4. The highest BCUT2D eigenvalue weighted by molar-refractivity contribution is 7.19. The third-order valence-corrected chi connectivity index (χ3v) is 7.56. The number of benzene rings is 3. The summed E-state index contributed by atoms with van der Waals surface area (Å²) in [5.74, 6) is 2.92. The van der Waals surface area contributed by atoms with Gasteiger partial charge in [-0.25, -0.2) is 9.78 Å². The lowest BCUT2D eigenvalue weighted by Gasteiger charge is -2.29. The number of hydrogen-bond donors (Lipinski definition) is 1. The van der Waals surface area contributed by atoms with Crippen molar-refractivity contribution in [3.05, 3.63) is 96.1 Å². The van der Waals surface area contributed by atoms with E-state index in [0.717, 1.165) is 45.2 Å². The van der Waals surface area contributed by atoms with Gasteiger partial charge in [0.2, 0.25) is 0 Å². The molecule has 0 radical (unpaired) electrons. The fraction of sp³-hybridized carbons (Fsp3) is 0.214. The lowest BCUT2D eigenvalue weighted by atomic mass is 10.1. The third kappa shape index (κ3) is 4.60. The van der Waals surface area contributed by atoms with Crippen molar-refractivity contribution < 1.29 is 15.5 Å². The predicted molar refractivity (Wildman–Crippen MR) is 136 cm³/mol. The highest BCUT2D eigenvalue weighted by atomic mass is 32.1. The molecule has 4 aromatic rings. The van der Waals surface area contributed by atoms with Crippen LogP contribution < -0.4 is 10.8 Å². The highest BCUT2D eigenvalue weighted by Gasteiger charge is 2.28. The van der Waals surface area contributed by atoms with Gasteiger partial charge in [-0.1, -0.05) is 103 Å². The highest BCUT2D eigenvalue weighted by Crippen LogP contribution is 2.42. The molecule has 3 aromatic carbocycles. The first-order chi connectivity index (χ1) is 16.7. The fourth-order valence-corrected chi connectivity index (χ4v) is 5.86. The zero-order valence-corrected chi connectivity index (χ0v) is 19.8. The Hall–Kier alpha value is -3.48. The van der Waals surface area contributed by atoms with Crippen LogP contribution in [0, 0.1) is 0 Å². The monoisotopic (exact) mass is 470 g/mol. The second-order valence-corrected chi connectivity index (χ2v) is 9.54. The molecular weight excluding hydrogens is 442 g/mol. The molecule has 1 aliphatic rings. The molecule has 0 bridgehead atoms. The van der Waals surface area contributed by atoms with E-state index in [1.807, 2.05) is 36.4 Å². The maximum Gasteiger partial charge on any atom is 0.397 e. The average Bonchev–Trinajstić information content (AvgIpc) is 3.59. The Morgan fingerprint density at radius 3 is 2.21 bits per heavy atom. The quantitative estimate of drug-likeness (QED) is 0.350. The van der Waals surface area contributed by atoms with Crippen LogP contribution in [0.25, 0.3) is 21.7 Å². The number of rotatable bonds is 7. The summed E-state index contributed by atoms with van der Waals surface area (Å²) in [5, 5.41) is 0.988. The number of carbonyl (C=O) groups excluding carboxylic acids is 1. The molecule has 1 aliphatic carbocycles. The van der Waals surface area contributed by atoms with Crippen molar-refractivity contribution in [3.8, 4) is 21.7 Å². The largest absolute Gasteiger partial charge is 0.397 e. The summed E-state index contributed by atoms with van der Waals surface area (Å²) in [6.45, 7) is 0.603. The summed E-state index contributed by atoms with van der Waals surface area (Å²) >= 11 is 1.73. The van der Waals surface area contributed by atoms with E-state index in [2.05, 4.69) is 59.3 Å².